The predicted molar refractivity (Wildman–Crippen MR) is 141 cm³/mol. The molecule has 1 aliphatic carbocycles. The number of benzene rings is 3. The molecular formula is C29H30N2O2S. The van der Waals surface area contributed by atoms with E-state index in [9.17, 15) is 4.79 Å². The number of aryl methyl sites for hydroxylation is 1. The quantitative estimate of drug-likeness (QED) is 0.317. The van der Waals surface area contributed by atoms with Crippen LogP contribution in [0.15, 0.2) is 66.7 Å². The lowest BCUT2D eigenvalue weighted by Crippen LogP contribution is -2.16. The summed E-state index contributed by atoms with van der Waals surface area (Å²) in [6.07, 6.45) is 5.85. The number of hydrogen-bond donors (Lipinski definition) is 1. The van der Waals surface area contributed by atoms with Gasteiger partial charge in [0.1, 0.15) is 6.10 Å². The minimum atomic E-state index is -0.473. The Labute approximate surface area is 205 Å². The second kappa shape index (κ2) is 9.98. The summed E-state index contributed by atoms with van der Waals surface area (Å²) in [5, 5.41) is 5.41. The molecular weight excluding hydrogens is 440 g/mol. The molecule has 1 aromatic heterocycles. The van der Waals surface area contributed by atoms with Gasteiger partial charge in [-0.05, 0) is 77.7 Å². The van der Waals surface area contributed by atoms with Crippen LogP contribution in [-0.2, 0) is 4.74 Å². The first kappa shape index (κ1) is 22.6. The van der Waals surface area contributed by atoms with E-state index < -0.39 is 6.09 Å². The zero-order valence-electron chi connectivity index (χ0n) is 19.7. The van der Waals surface area contributed by atoms with Gasteiger partial charge in [0.25, 0.3) is 0 Å². The molecule has 1 amide bonds. The molecule has 5 heteroatoms. The summed E-state index contributed by atoms with van der Waals surface area (Å²) in [7, 11) is 0. The third-order valence-corrected chi connectivity index (χ3v) is 7.83. The molecule has 5 rings (SSSR count). The maximum atomic E-state index is 12.7. The standard InChI is InChI=1S/C29H30N2O2S/c1-19-27(30-29(32)33-20(2)21-9-5-3-6-10-21)28(34-31-19)26-16-15-24-17-23(13-14-25(24)18-26)22-11-7-4-8-12-22/h3,5-6,9-10,13-18,20,22H,4,7-8,11-12H2,1-2H3,(H,30,32)/t20-/m1/s1. The van der Waals surface area contributed by atoms with E-state index >= 15 is 0 Å². The predicted octanol–water partition coefficient (Wildman–Crippen LogP) is 8.63. The zero-order valence-corrected chi connectivity index (χ0v) is 20.5. The van der Waals surface area contributed by atoms with Crippen molar-refractivity contribution in [2.24, 2.45) is 0 Å². The van der Waals surface area contributed by atoms with Gasteiger partial charge in [0.2, 0.25) is 0 Å². The Bertz CT molecular complexity index is 1290. The van der Waals surface area contributed by atoms with Crippen LogP contribution in [0, 0.1) is 6.92 Å². The summed E-state index contributed by atoms with van der Waals surface area (Å²) >= 11 is 1.40. The molecule has 4 nitrogen and oxygen atoms in total. The van der Waals surface area contributed by atoms with Crippen LogP contribution in [0.3, 0.4) is 0 Å². The van der Waals surface area contributed by atoms with Crippen LogP contribution in [0.1, 0.15) is 67.9 Å². The highest BCUT2D eigenvalue weighted by Crippen LogP contribution is 2.38. The molecule has 0 bridgehead atoms. The molecule has 1 aliphatic rings. The number of amides is 1. The molecule has 1 fully saturated rings. The summed E-state index contributed by atoms with van der Waals surface area (Å²) < 4.78 is 10.1. The number of anilines is 1. The Hall–Kier alpha value is -3.18. The van der Waals surface area contributed by atoms with Gasteiger partial charge in [0.15, 0.2) is 0 Å². The van der Waals surface area contributed by atoms with Crippen molar-refractivity contribution in [3.05, 3.63) is 83.6 Å². The summed E-state index contributed by atoms with van der Waals surface area (Å²) in [4.78, 5) is 13.6. The van der Waals surface area contributed by atoms with Gasteiger partial charge in [-0.1, -0.05) is 79.9 Å². The summed E-state index contributed by atoms with van der Waals surface area (Å²) in [5.74, 6) is 0.696. The maximum Gasteiger partial charge on any atom is 0.412 e. The van der Waals surface area contributed by atoms with Crippen molar-refractivity contribution < 1.29 is 9.53 Å². The number of aromatic nitrogens is 1. The average molecular weight is 471 g/mol. The number of nitrogens with zero attached hydrogens (tertiary/aromatic N) is 1. The van der Waals surface area contributed by atoms with Crippen LogP contribution < -0.4 is 5.32 Å². The molecule has 3 aromatic carbocycles. The minimum absolute atomic E-state index is 0.337. The fraction of sp³-hybridized carbons (Fsp3) is 0.310. The maximum absolute atomic E-state index is 12.7. The van der Waals surface area contributed by atoms with E-state index in [2.05, 4.69) is 46.1 Å². The van der Waals surface area contributed by atoms with E-state index in [0.29, 0.717) is 11.6 Å². The van der Waals surface area contributed by atoms with Crippen LogP contribution in [0.2, 0.25) is 0 Å². The molecule has 0 spiro atoms. The highest BCUT2D eigenvalue weighted by molar-refractivity contribution is 7.10. The number of fused-ring (bicyclic) bond motifs is 1. The third-order valence-electron chi connectivity index (χ3n) is 6.85. The molecule has 0 unspecified atom stereocenters. The van der Waals surface area contributed by atoms with Gasteiger partial charge in [0, 0.05) is 0 Å². The van der Waals surface area contributed by atoms with Gasteiger partial charge in [0.05, 0.1) is 16.3 Å². The van der Waals surface area contributed by atoms with Gasteiger partial charge >= 0.3 is 6.09 Å². The molecule has 0 aliphatic heterocycles. The summed E-state index contributed by atoms with van der Waals surface area (Å²) in [5.41, 5.74) is 4.98. The van der Waals surface area contributed by atoms with Crippen molar-refractivity contribution in [1.82, 2.24) is 4.37 Å². The highest BCUT2D eigenvalue weighted by Gasteiger charge is 2.19. The monoisotopic (exact) mass is 470 g/mol. The van der Waals surface area contributed by atoms with Gasteiger partial charge in [-0.25, -0.2) is 4.79 Å². The van der Waals surface area contributed by atoms with Crippen molar-refractivity contribution in [2.75, 3.05) is 5.32 Å². The highest BCUT2D eigenvalue weighted by atomic mass is 32.1. The van der Waals surface area contributed by atoms with Crippen LogP contribution in [0.5, 0.6) is 0 Å². The number of carbonyl (C=O) groups excluding carboxylic acids is 1. The van der Waals surface area contributed by atoms with Crippen LogP contribution >= 0.6 is 11.5 Å². The summed E-state index contributed by atoms with van der Waals surface area (Å²) in [6, 6.07) is 23.1. The van der Waals surface area contributed by atoms with Crippen molar-refractivity contribution in [3.8, 4) is 10.4 Å². The number of nitrogens with one attached hydrogen (secondary N) is 1. The molecule has 1 saturated carbocycles. The lowest BCUT2D eigenvalue weighted by molar-refractivity contribution is 0.121. The topological polar surface area (TPSA) is 51.2 Å². The Morgan fingerprint density at radius 2 is 1.74 bits per heavy atom. The van der Waals surface area contributed by atoms with Crippen molar-refractivity contribution in [2.45, 2.75) is 58.0 Å². The normalized spacial score (nSPS) is 15.2. The van der Waals surface area contributed by atoms with E-state index in [-0.39, 0.29) is 6.10 Å². The van der Waals surface area contributed by atoms with Gasteiger partial charge < -0.3 is 4.74 Å². The molecule has 0 saturated heterocycles. The Morgan fingerprint density at radius 1 is 1.00 bits per heavy atom. The van der Waals surface area contributed by atoms with E-state index in [1.54, 1.807) is 0 Å². The Morgan fingerprint density at radius 3 is 2.53 bits per heavy atom. The third kappa shape index (κ3) is 4.85. The first-order chi connectivity index (χ1) is 16.6. The molecule has 0 radical (unpaired) electrons. The minimum Gasteiger partial charge on any atom is -0.441 e. The van der Waals surface area contributed by atoms with Crippen LogP contribution in [0.4, 0.5) is 10.5 Å². The van der Waals surface area contributed by atoms with Crippen molar-refractivity contribution >= 4 is 34.1 Å². The zero-order chi connectivity index (χ0) is 23.5. The smallest absolute Gasteiger partial charge is 0.412 e. The second-order valence-corrected chi connectivity index (χ2v) is 9.99. The first-order valence-corrected chi connectivity index (χ1v) is 12.9. The summed E-state index contributed by atoms with van der Waals surface area (Å²) in [6.45, 7) is 3.78. The molecule has 1 N–H and O–H groups in total. The largest absolute Gasteiger partial charge is 0.441 e. The van der Waals surface area contributed by atoms with E-state index in [1.165, 1.54) is 60.0 Å². The molecule has 1 heterocycles. The van der Waals surface area contributed by atoms with Crippen LogP contribution in [-0.4, -0.2) is 10.5 Å². The molecule has 34 heavy (non-hydrogen) atoms. The molecule has 4 aromatic rings. The van der Waals surface area contributed by atoms with Crippen LogP contribution in [0.25, 0.3) is 21.2 Å². The van der Waals surface area contributed by atoms with E-state index in [4.69, 9.17) is 4.74 Å². The van der Waals surface area contributed by atoms with Gasteiger partial charge in [-0.15, -0.1) is 0 Å². The fourth-order valence-corrected chi connectivity index (χ4v) is 5.74. The Kier molecular flexibility index (Phi) is 6.63. The van der Waals surface area contributed by atoms with Crippen molar-refractivity contribution in [3.63, 3.8) is 0 Å². The van der Waals surface area contributed by atoms with Gasteiger partial charge in [-0.3, -0.25) is 5.32 Å². The second-order valence-electron chi connectivity index (χ2n) is 9.21. The fourth-order valence-electron chi connectivity index (χ4n) is 4.89. The molecule has 1 atom stereocenters. The Balaban J connectivity index is 1.35. The first-order valence-electron chi connectivity index (χ1n) is 12.1. The lowest BCUT2D eigenvalue weighted by Gasteiger charge is -2.22. The number of carbonyl (C=O) groups is 1. The number of hydrogen-bond acceptors (Lipinski definition) is 4. The van der Waals surface area contributed by atoms with E-state index in [1.807, 2.05) is 44.2 Å². The van der Waals surface area contributed by atoms with Gasteiger partial charge in [-0.2, -0.15) is 4.37 Å². The lowest BCUT2D eigenvalue weighted by atomic mass is 9.83. The SMILES string of the molecule is Cc1nsc(-c2ccc3cc(C4CCCCC4)ccc3c2)c1NC(=O)O[C@H](C)c1ccccc1. The average Bonchev–Trinajstić information content (AvgIpc) is 3.24. The molecule has 174 valence electrons. The van der Waals surface area contributed by atoms with E-state index in [0.717, 1.165) is 21.7 Å². The number of rotatable bonds is 5. The van der Waals surface area contributed by atoms with Crippen molar-refractivity contribution in [1.29, 1.82) is 0 Å². The number of ether oxygens (including phenoxy) is 1.